The van der Waals surface area contributed by atoms with Gasteiger partial charge in [0.15, 0.2) is 5.82 Å². The highest BCUT2D eigenvalue weighted by Crippen LogP contribution is 2.32. The van der Waals surface area contributed by atoms with Crippen molar-refractivity contribution in [3.05, 3.63) is 11.8 Å². The van der Waals surface area contributed by atoms with E-state index in [0.29, 0.717) is 18.2 Å². The first kappa shape index (κ1) is 11.1. The molecule has 1 aromatic heterocycles. The predicted octanol–water partition coefficient (Wildman–Crippen LogP) is 1.04. The van der Waals surface area contributed by atoms with Gasteiger partial charge in [0.05, 0.1) is 0 Å². The molecule has 1 aliphatic rings. The van der Waals surface area contributed by atoms with Crippen LogP contribution in [0.3, 0.4) is 0 Å². The van der Waals surface area contributed by atoms with Crippen LogP contribution in [0.15, 0.2) is 6.07 Å². The van der Waals surface area contributed by atoms with Gasteiger partial charge in [0, 0.05) is 24.2 Å². The summed E-state index contributed by atoms with van der Waals surface area (Å²) in [6.45, 7) is 2.03. The van der Waals surface area contributed by atoms with E-state index in [4.69, 9.17) is 5.73 Å². The summed E-state index contributed by atoms with van der Waals surface area (Å²) in [5.74, 6) is 1.09. The molecule has 0 radical (unpaired) electrons. The van der Waals surface area contributed by atoms with E-state index in [2.05, 4.69) is 15.5 Å². The number of anilines is 1. The van der Waals surface area contributed by atoms with Crippen LogP contribution >= 0.6 is 0 Å². The maximum absolute atomic E-state index is 11.6. The number of carbonyl (C=O) groups is 1. The summed E-state index contributed by atoms with van der Waals surface area (Å²) in [6.07, 6.45) is 3.59. The summed E-state index contributed by atoms with van der Waals surface area (Å²) < 4.78 is 0. The molecule has 0 aromatic carbocycles. The van der Waals surface area contributed by atoms with E-state index in [1.165, 1.54) is 0 Å². The maximum Gasteiger partial charge on any atom is 0.227 e. The highest BCUT2D eigenvalue weighted by atomic mass is 16.1. The van der Waals surface area contributed by atoms with Gasteiger partial charge in [-0.3, -0.25) is 9.89 Å². The lowest BCUT2D eigenvalue weighted by molar-refractivity contribution is -0.116. The lowest BCUT2D eigenvalue weighted by Crippen LogP contribution is -2.28. The molecule has 2 rings (SSSR count). The Morgan fingerprint density at radius 1 is 1.75 bits per heavy atom. The molecule has 0 saturated heterocycles. The molecule has 1 saturated carbocycles. The van der Waals surface area contributed by atoms with Crippen LogP contribution in [0.25, 0.3) is 0 Å². The molecule has 5 heteroatoms. The molecule has 4 N–H and O–H groups in total. The Hall–Kier alpha value is -1.36. The molecule has 1 amide bonds. The van der Waals surface area contributed by atoms with Crippen molar-refractivity contribution in [2.24, 2.45) is 11.7 Å². The third-order valence-electron chi connectivity index (χ3n) is 2.93. The zero-order valence-corrected chi connectivity index (χ0v) is 9.49. The molecule has 1 aliphatic carbocycles. The number of rotatable bonds is 5. The first-order valence-electron chi connectivity index (χ1n) is 5.78. The van der Waals surface area contributed by atoms with Crippen molar-refractivity contribution in [1.29, 1.82) is 0 Å². The normalized spacial score (nSPS) is 17.1. The van der Waals surface area contributed by atoms with Crippen molar-refractivity contribution in [3.63, 3.8) is 0 Å². The fourth-order valence-electron chi connectivity index (χ4n) is 1.71. The number of H-pyrrole nitrogens is 1. The van der Waals surface area contributed by atoms with Crippen molar-refractivity contribution in [2.75, 3.05) is 5.32 Å². The minimum Gasteiger partial charge on any atom is -0.327 e. The minimum absolute atomic E-state index is 0.00425. The first-order valence-corrected chi connectivity index (χ1v) is 5.78. The fourth-order valence-corrected chi connectivity index (χ4v) is 1.71. The van der Waals surface area contributed by atoms with Gasteiger partial charge in [0.25, 0.3) is 0 Å². The van der Waals surface area contributed by atoms with Crippen LogP contribution in [0.4, 0.5) is 5.82 Å². The number of hydrogen-bond donors (Lipinski definition) is 3. The number of hydrogen-bond acceptors (Lipinski definition) is 3. The second kappa shape index (κ2) is 4.65. The van der Waals surface area contributed by atoms with Gasteiger partial charge in [-0.1, -0.05) is 6.92 Å². The van der Waals surface area contributed by atoms with E-state index < -0.39 is 0 Å². The lowest BCUT2D eigenvalue weighted by atomic mass is 10.1. The summed E-state index contributed by atoms with van der Waals surface area (Å²) in [4.78, 5) is 11.6. The quantitative estimate of drug-likeness (QED) is 0.696. The van der Waals surface area contributed by atoms with E-state index in [1.807, 2.05) is 13.0 Å². The van der Waals surface area contributed by atoms with Crippen molar-refractivity contribution in [2.45, 2.75) is 38.6 Å². The number of nitrogens with one attached hydrogen (secondary N) is 2. The van der Waals surface area contributed by atoms with Gasteiger partial charge in [-0.15, -0.1) is 0 Å². The highest BCUT2D eigenvalue weighted by molar-refractivity contribution is 5.90. The second-order valence-corrected chi connectivity index (χ2v) is 4.39. The lowest BCUT2D eigenvalue weighted by Gasteiger charge is -2.08. The number of nitrogens with zero attached hydrogens (tertiary/aromatic N) is 1. The molecule has 1 atom stereocenters. The molecule has 1 fully saturated rings. The van der Waals surface area contributed by atoms with Gasteiger partial charge in [-0.2, -0.15) is 5.10 Å². The highest BCUT2D eigenvalue weighted by Gasteiger charge is 2.29. The maximum atomic E-state index is 11.6. The van der Waals surface area contributed by atoms with Crippen molar-refractivity contribution >= 4 is 11.7 Å². The molecule has 0 bridgehead atoms. The topological polar surface area (TPSA) is 83.8 Å². The number of aryl methyl sites for hydroxylation is 1. The van der Waals surface area contributed by atoms with Gasteiger partial charge >= 0.3 is 0 Å². The summed E-state index contributed by atoms with van der Waals surface area (Å²) in [7, 11) is 0. The Morgan fingerprint density at radius 2 is 2.50 bits per heavy atom. The Balaban J connectivity index is 1.81. The molecule has 16 heavy (non-hydrogen) atoms. The minimum atomic E-state index is -0.0476. The van der Waals surface area contributed by atoms with Crippen LogP contribution in [0.2, 0.25) is 0 Å². The molecule has 1 heterocycles. The van der Waals surface area contributed by atoms with Crippen molar-refractivity contribution in [3.8, 4) is 0 Å². The van der Waals surface area contributed by atoms with Crippen molar-refractivity contribution in [1.82, 2.24) is 10.2 Å². The average molecular weight is 222 g/mol. The van der Waals surface area contributed by atoms with Crippen LogP contribution in [-0.2, 0) is 11.2 Å². The smallest absolute Gasteiger partial charge is 0.227 e. The second-order valence-electron chi connectivity index (χ2n) is 4.39. The third kappa shape index (κ3) is 2.82. The van der Waals surface area contributed by atoms with Crippen LogP contribution in [0, 0.1) is 5.92 Å². The van der Waals surface area contributed by atoms with Gasteiger partial charge in [-0.25, -0.2) is 0 Å². The van der Waals surface area contributed by atoms with Crippen LogP contribution in [0.1, 0.15) is 31.9 Å². The zero-order valence-electron chi connectivity index (χ0n) is 9.49. The molecular weight excluding hydrogens is 204 g/mol. The first-order chi connectivity index (χ1) is 7.69. The fraction of sp³-hybridized carbons (Fsp3) is 0.636. The Morgan fingerprint density at radius 3 is 3.06 bits per heavy atom. The molecular formula is C11H18N4O. The Labute approximate surface area is 94.8 Å². The standard InChI is InChI=1S/C11H18N4O/c1-2-8-5-10(15-14-8)13-11(16)6-9(12)7-3-4-7/h5,7,9H,2-4,6,12H2,1H3,(H2,13,14,15,16). The zero-order chi connectivity index (χ0) is 11.5. The molecule has 88 valence electrons. The molecule has 0 spiro atoms. The summed E-state index contributed by atoms with van der Waals surface area (Å²) >= 11 is 0. The third-order valence-corrected chi connectivity index (χ3v) is 2.93. The van der Waals surface area contributed by atoms with E-state index in [0.717, 1.165) is 25.0 Å². The molecule has 0 aliphatic heterocycles. The Bertz CT molecular complexity index is 370. The number of aromatic nitrogens is 2. The largest absolute Gasteiger partial charge is 0.327 e. The van der Waals surface area contributed by atoms with Crippen molar-refractivity contribution < 1.29 is 4.79 Å². The molecule has 1 aromatic rings. The van der Waals surface area contributed by atoms with E-state index in [9.17, 15) is 4.79 Å². The van der Waals surface area contributed by atoms with E-state index in [-0.39, 0.29) is 11.9 Å². The molecule has 5 nitrogen and oxygen atoms in total. The van der Waals surface area contributed by atoms with Gasteiger partial charge in [-0.05, 0) is 25.2 Å². The summed E-state index contributed by atoms with van der Waals surface area (Å²) in [5, 5.41) is 9.60. The average Bonchev–Trinajstić information content (AvgIpc) is 3.00. The number of nitrogens with two attached hydrogens (primary N) is 1. The number of aromatic amines is 1. The van der Waals surface area contributed by atoms with E-state index in [1.54, 1.807) is 0 Å². The van der Waals surface area contributed by atoms with Crippen LogP contribution in [-0.4, -0.2) is 22.1 Å². The molecule has 1 unspecified atom stereocenters. The SMILES string of the molecule is CCc1cc(NC(=O)CC(N)C2CC2)n[nH]1. The summed E-state index contributed by atoms with van der Waals surface area (Å²) in [5.41, 5.74) is 6.89. The van der Waals surface area contributed by atoms with Gasteiger partial charge in [0.2, 0.25) is 5.91 Å². The predicted molar refractivity (Wildman–Crippen MR) is 61.9 cm³/mol. The number of amides is 1. The van der Waals surface area contributed by atoms with Crippen LogP contribution < -0.4 is 11.1 Å². The summed E-state index contributed by atoms with van der Waals surface area (Å²) in [6, 6.07) is 1.85. The van der Waals surface area contributed by atoms with Crippen LogP contribution in [0.5, 0.6) is 0 Å². The Kier molecular flexibility index (Phi) is 3.24. The van der Waals surface area contributed by atoms with E-state index >= 15 is 0 Å². The number of carbonyl (C=O) groups excluding carboxylic acids is 1. The van der Waals surface area contributed by atoms with Gasteiger partial charge in [0.1, 0.15) is 0 Å². The van der Waals surface area contributed by atoms with Gasteiger partial charge < -0.3 is 11.1 Å². The monoisotopic (exact) mass is 222 g/mol.